The first-order valence-corrected chi connectivity index (χ1v) is 8.16. The molecule has 8 nitrogen and oxygen atoms in total. The molecule has 0 bridgehead atoms. The summed E-state index contributed by atoms with van der Waals surface area (Å²) in [6.45, 7) is 0.167. The van der Waals surface area contributed by atoms with Gasteiger partial charge in [0.2, 0.25) is 5.82 Å². The van der Waals surface area contributed by atoms with Gasteiger partial charge in [-0.25, -0.2) is 0 Å². The van der Waals surface area contributed by atoms with Crippen LogP contribution >= 0.6 is 11.6 Å². The first-order valence-electron chi connectivity index (χ1n) is 7.78. The molecule has 1 unspecified atom stereocenters. The third kappa shape index (κ3) is 4.78. The van der Waals surface area contributed by atoms with Gasteiger partial charge >= 0.3 is 5.97 Å². The molecule has 0 aliphatic heterocycles. The molecule has 1 aromatic heterocycles. The highest BCUT2D eigenvalue weighted by Crippen LogP contribution is 2.26. The molecule has 0 saturated carbocycles. The fourth-order valence-corrected chi connectivity index (χ4v) is 2.40. The SMILES string of the molecule is NC(CC(=O)O)Cn1nnc(-c2cccc(Oc3ccc(Cl)cc3)c2)n1. The molecule has 1 heterocycles. The van der Waals surface area contributed by atoms with E-state index < -0.39 is 12.0 Å². The number of hydrogen-bond acceptors (Lipinski definition) is 6. The van der Waals surface area contributed by atoms with Gasteiger partial charge in [0.25, 0.3) is 0 Å². The number of carboxylic acids is 1. The molecule has 0 amide bonds. The van der Waals surface area contributed by atoms with Crippen molar-refractivity contribution in [1.82, 2.24) is 20.2 Å². The number of rotatable bonds is 7. The van der Waals surface area contributed by atoms with Gasteiger partial charge in [0, 0.05) is 16.6 Å². The number of tetrazole rings is 1. The van der Waals surface area contributed by atoms with Gasteiger partial charge in [0.15, 0.2) is 0 Å². The molecular weight excluding hydrogens is 358 g/mol. The third-order valence-corrected chi connectivity index (χ3v) is 3.68. The summed E-state index contributed by atoms with van der Waals surface area (Å²) in [7, 11) is 0. The molecule has 0 aliphatic carbocycles. The van der Waals surface area contributed by atoms with Crippen LogP contribution in [0.2, 0.25) is 5.02 Å². The maximum Gasteiger partial charge on any atom is 0.304 e. The number of nitrogens with zero attached hydrogens (tertiary/aromatic N) is 4. The number of aromatic nitrogens is 4. The Balaban J connectivity index is 1.72. The van der Waals surface area contributed by atoms with Gasteiger partial charge in [-0.3, -0.25) is 4.79 Å². The van der Waals surface area contributed by atoms with Crippen molar-refractivity contribution >= 4 is 17.6 Å². The van der Waals surface area contributed by atoms with Crippen molar-refractivity contribution in [2.45, 2.75) is 19.0 Å². The summed E-state index contributed by atoms with van der Waals surface area (Å²) >= 11 is 5.86. The minimum atomic E-state index is -0.968. The van der Waals surface area contributed by atoms with Gasteiger partial charge < -0.3 is 15.6 Å². The smallest absolute Gasteiger partial charge is 0.304 e. The molecule has 9 heteroatoms. The molecule has 0 fully saturated rings. The number of aliphatic carboxylic acids is 1. The number of carboxylic acid groups (broad SMARTS) is 1. The van der Waals surface area contributed by atoms with Crippen molar-refractivity contribution < 1.29 is 14.6 Å². The lowest BCUT2D eigenvalue weighted by molar-refractivity contribution is -0.137. The molecular formula is C17H16ClN5O3. The molecule has 3 aromatic rings. The quantitative estimate of drug-likeness (QED) is 0.653. The van der Waals surface area contributed by atoms with E-state index in [4.69, 9.17) is 27.2 Å². The number of halogens is 1. The minimum absolute atomic E-state index is 0.165. The standard InChI is InChI=1S/C17H16ClN5O3/c18-12-4-6-14(7-5-12)26-15-3-1-2-11(8-15)17-20-22-23(21-17)10-13(19)9-16(24)25/h1-8,13H,9-10,19H2,(H,24,25). The summed E-state index contributed by atoms with van der Waals surface area (Å²) < 4.78 is 5.78. The van der Waals surface area contributed by atoms with E-state index in [9.17, 15) is 4.79 Å². The summed E-state index contributed by atoms with van der Waals surface area (Å²) in [5, 5.41) is 21.5. The predicted molar refractivity (Wildman–Crippen MR) is 95.0 cm³/mol. The first-order chi connectivity index (χ1) is 12.5. The van der Waals surface area contributed by atoms with Crippen molar-refractivity contribution in [3.8, 4) is 22.9 Å². The van der Waals surface area contributed by atoms with Crippen LogP contribution in [0.3, 0.4) is 0 Å². The van der Waals surface area contributed by atoms with E-state index >= 15 is 0 Å². The van der Waals surface area contributed by atoms with Crippen LogP contribution in [0.15, 0.2) is 48.5 Å². The van der Waals surface area contributed by atoms with E-state index in [1.54, 1.807) is 30.3 Å². The van der Waals surface area contributed by atoms with Crippen LogP contribution in [0, 0.1) is 0 Å². The Morgan fingerprint density at radius 2 is 2.00 bits per heavy atom. The van der Waals surface area contributed by atoms with E-state index in [0.717, 1.165) is 5.56 Å². The Bertz CT molecular complexity index is 897. The average molecular weight is 374 g/mol. The normalized spacial score (nSPS) is 11.9. The van der Waals surface area contributed by atoms with E-state index in [2.05, 4.69) is 15.4 Å². The zero-order valence-electron chi connectivity index (χ0n) is 13.6. The molecule has 0 aliphatic rings. The highest BCUT2D eigenvalue weighted by molar-refractivity contribution is 6.30. The van der Waals surface area contributed by atoms with Crippen molar-refractivity contribution in [1.29, 1.82) is 0 Å². The molecule has 3 N–H and O–H groups in total. The second-order valence-electron chi connectivity index (χ2n) is 5.61. The van der Waals surface area contributed by atoms with Gasteiger partial charge in [-0.15, -0.1) is 10.2 Å². The summed E-state index contributed by atoms with van der Waals surface area (Å²) in [6.07, 6.45) is -0.165. The zero-order valence-corrected chi connectivity index (χ0v) is 14.4. The van der Waals surface area contributed by atoms with Gasteiger partial charge in [0.1, 0.15) is 11.5 Å². The fraction of sp³-hybridized carbons (Fsp3) is 0.176. The van der Waals surface area contributed by atoms with Crippen LogP contribution in [0.5, 0.6) is 11.5 Å². The molecule has 0 radical (unpaired) electrons. The van der Waals surface area contributed by atoms with Crippen molar-refractivity contribution in [2.75, 3.05) is 0 Å². The van der Waals surface area contributed by atoms with Gasteiger partial charge in [-0.2, -0.15) is 4.80 Å². The maximum atomic E-state index is 10.7. The third-order valence-electron chi connectivity index (χ3n) is 3.43. The number of carbonyl (C=O) groups is 1. The lowest BCUT2D eigenvalue weighted by atomic mass is 10.2. The molecule has 0 spiro atoms. The Morgan fingerprint density at radius 3 is 2.73 bits per heavy atom. The topological polar surface area (TPSA) is 116 Å². The Labute approximate surface area is 154 Å². The van der Waals surface area contributed by atoms with Crippen LogP contribution in [-0.4, -0.2) is 37.3 Å². The van der Waals surface area contributed by atoms with E-state index in [-0.39, 0.29) is 13.0 Å². The Hall–Kier alpha value is -2.97. The van der Waals surface area contributed by atoms with Crippen LogP contribution < -0.4 is 10.5 Å². The minimum Gasteiger partial charge on any atom is -0.481 e. The van der Waals surface area contributed by atoms with E-state index in [0.29, 0.717) is 22.3 Å². The van der Waals surface area contributed by atoms with Crippen molar-refractivity contribution in [3.05, 3.63) is 53.6 Å². The first kappa shape index (κ1) is 17.8. The van der Waals surface area contributed by atoms with Crippen LogP contribution in [-0.2, 0) is 11.3 Å². The second kappa shape index (κ2) is 7.94. The van der Waals surface area contributed by atoms with Crippen LogP contribution in [0.4, 0.5) is 0 Å². The monoisotopic (exact) mass is 373 g/mol. The van der Waals surface area contributed by atoms with Crippen molar-refractivity contribution in [3.63, 3.8) is 0 Å². The van der Waals surface area contributed by atoms with Gasteiger partial charge in [0.05, 0.1) is 13.0 Å². The average Bonchev–Trinajstić information content (AvgIpc) is 3.05. The Kier molecular flexibility index (Phi) is 5.45. The summed E-state index contributed by atoms with van der Waals surface area (Å²) in [5.74, 6) is 0.700. The van der Waals surface area contributed by atoms with Crippen LogP contribution in [0.25, 0.3) is 11.4 Å². The summed E-state index contributed by atoms with van der Waals surface area (Å²) in [6, 6.07) is 13.7. The highest BCUT2D eigenvalue weighted by atomic mass is 35.5. The lowest BCUT2D eigenvalue weighted by Gasteiger charge is -2.07. The van der Waals surface area contributed by atoms with Crippen molar-refractivity contribution in [2.24, 2.45) is 5.73 Å². The number of benzene rings is 2. The molecule has 26 heavy (non-hydrogen) atoms. The molecule has 1 atom stereocenters. The number of nitrogens with two attached hydrogens (primary N) is 1. The van der Waals surface area contributed by atoms with Crippen LogP contribution in [0.1, 0.15) is 6.42 Å². The zero-order chi connectivity index (χ0) is 18.5. The molecule has 3 rings (SSSR count). The summed E-state index contributed by atoms with van der Waals surface area (Å²) in [4.78, 5) is 12.0. The van der Waals surface area contributed by atoms with E-state index in [1.807, 2.05) is 18.2 Å². The molecule has 2 aromatic carbocycles. The predicted octanol–water partition coefficient (Wildman–Crippen LogP) is 2.59. The fourth-order valence-electron chi connectivity index (χ4n) is 2.27. The maximum absolute atomic E-state index is 10.7. The molecule has 134 valence electrons. The Morgan fingerprint density at radius 1 is 1.23 bits per heavy atom. The highest BCUT2D eigenvalue weighted by Gasteiger charge is 2.12. The largest absolute Gasteiger partial charge is 0.481 e. The molecule has 0 saturated heterocycles. The van der Waals surface area contributed by atoms with Gasteiger partial charge in [-0.05, 0) is 41.6 Å². The lowest BCUT2D eigenvalue weighted by Crippen LogP contribution is -2.30. The van der Waals surface area contributed by atoms with E-state index in [1.165, 1.54) is 4.80 Å². The number of hydrogen-bond donors (Lipinski definition) is 2. The number of ether oxygens (including phenoxy) is 1. The second-order valence-corrected chi connectivity index (χ2v) is 6.05. The summed E-state index contributed by atoms with van der Waals surface area (Å²) in [5.41, 5.74) is 6.45. The van der Waals surface area contributed by atoms with Gasteiger partial charge in [-0.1, -0.05) is 23.7 Å².